The topological polar surface area (TPSA) is 89.3 Å². The normalized spacial score (nSPS) is 12.8. The third-order valence-electron chi connectivity index (χ3n) is 3.42. The zero-order chi connectivity index (χ0) is 17.0. The van der Waals surface area contributed by atoms with Gasteiger partial charge in [-0.25, -0.2) is 8.42 Å². The Labute approximate surface area is 135 Å². The fraction of sp³-hybridized carbons (Fsp3) is 0.375. The molecule has 23 heavy (non-hydrogen) atoms. The Morgan fingerprint density at radius 3 is 2.61 bits per heavy atom. The highest BCUT2D eigenvalue weighted by atomic mass is 32.2. The van der Waals surface area contributed by atoms with Gasteiger partial charge in [-0.15, -0.1) is 0 Å². The van der Waals surface area contributed by atoms with Gasteiger partial charge in [0.05, 0.1) is 11.7 Å². The molecule has 1 N–H and O–H groups in total. The number of rotatable bonds is 6. The number of hydrogen-bond donors (Lipinski definition) is 1. The van der Waals surface area contributed by atoms with E-state index in [1.807, 2.05) is 38.1 Å². The Morgan fingerprint density at radius 1 is 1.30 bits per heavy atom. The molecular formula is C16H20N2O4S. The van der Waals surface area contributed by atoms with Crippen molar-refractivity contribution in [3.63, 3.8) is 0 Å². The highest BCUT2D eigenvalue weighted by Gasteiger charge is 2.21. The summed E-state index contributed by atoms with van der Waals surface area (Å²) in [5, 5.41) is 6.36. The lowest BCUT2D eigenvalue weighted by atomic mass is 10.0. The van der Waals surface area contributed by atoms with Gasteiger partial charge in [0.2, 0.25) is 5.91 Å². The highest BCUT2D eigenvalue weighted by Crippen LogP contribution is 2.16. The first kappa shape index (κ1) is 17.2. The molecule has 6 nitrogen and oxygen atoms in total. The summed E-state index contributed by atoms with van der Waals surface area (Å²) in [5.74, 6) is -1.21. The highest BCUT2D eigenvalue weighted by molar-refractivity contribution is 7.91. The van der Waals surface area contributed by atoms with Gasteiger partial charge in [-0.3, -0.25) is 4.79 Å². The summed E-state index contributed by atoms with van der Waals surface area (Å²) in [4.78, 5) is 12.0. The number of amides is 1. The molecule has 124 valence electrons. The van der Waals surface area contributed by atoms with E-state index in [0.29, 0.717) is 5.69 Å². The molecule has 0 radical (unpaired) electrons. The van der Waals surface area contributed by atoms with Gasteiger partial charge in [0.15, 0.2) is 15.6 Å². The van der Waals surface area contributed by atoms with Crippen molar-refractivity contribution in [3.8, 4) is 0 Å². The van der Waals surface area contributed by atoms with Crippen molar-refractivity contribution in [1.82, 2.24) is 10.5 Å². The van der Waals surface area contributed by atoms with E-state index in [1.54, 1.807) is 13.0 Å². The average Bonchev–Trinajstić information content (AvgIpc) is 2.82. The number of nitrogens with one attached hydrogen (secondary N) is 1. The third kappa shape index (κ3) is 4.92. The van der Waals surface area contributed by atoms with Crippen molar-refractivity contribution in [2.24, 2.45) is 0 Å². The molecule has 0 bridgehead atoms. The van der Waals surface area contributed by atoms with Gasteiger partial charge in [0.1, 0.15) is 11.5 Å². The fourth-order valence-corrected chi connectivity index (χ4v) is 3.54. The summed E-state index contributed by atoms with van der Waals surface area (Å²) < 4.78 is 29.0. The molecule has 0 saturated heterocycles. The molecule has 0 spiro atoms. The Morgan fingerprint density at radius 2 is 2.00 bits per heavy atom. The lowest BCUT2D eigenvalue weighted by molar-refractivity contribution is -0.119. The number of aromatic nitrogens is 1. The van der Waals surface area contributed by atoms with E-state index in [2.05, 4.69) is 10.5 Å². The van der Waals surface area contributed by atoms with E-state index in [9.17, 15) is 13.2 Å². The molecule has 0 aliphatic rings. The van der Waals surface area contributed by atoms with Crippen LogP contribution in [0.15, 0.2) is 34.9 Å². The van der Waals surface area contributed by atoms with Gasteiger partial charge in [0.25, 0.3) is 0 Å². The van der Waals surface area contributed by atoms with Gasteiger partial charge in [0, 0.05) is 6.07 Å². The van der Waals surface area contributed by atoms with Crippen molar-refractivity contribution < 1.29 is 17.7 Å². The molecule has 1 amide bonds. The van der Waals surface area contributed by atoms with Crippen LogP contribution in [0.2, 0.25) is 0 Å². The predicted octanol–water partition coefficient (Wildman–Crippen LogP) is 2.08. The van der Waals surface area contributed by atoms with Crippen LogP contribution in [0.1, 0.15) is 35.5 Å². The Balaban J connectivity index is 1.97. The van der Waals surface area contributed by atoms with Crippen molar-refractivity contribution in [2.45, 2.75) is 32.6 Å². The summed E-state index contributed by atoms with van der Waals surface area (Å²) in [6, 6.07) is 8.94. The lowest BCUT2D eigenvalue weighted by Crippen LogP contribution is -2.33. The fourth-order valence-electron chi connectivity index (χ4n) is 2.39. The Bertz CT molecular complexity index is 796. The molecular weight excluding hydrogens is 316 g/mol. The minimum atomic E-state index is -3.60. The summed E-state index contributed by atoms with van der Waals surface area (Å²) in [6.07, 6.45) is 0. The van der Waals surface area contributed by atoms with Gasteiger partial charge >= 0.3 is 0 Å². The first-order valence-corrected chi connectivity index (χ1v) is 9.06. The van der Waals surface area contributed by atoms with E-state index in [0.717, 1.165) is 11.1 Å². The van der Waals surface area contributed by atoms with Crippen molar-refractivity contribution in [1.29, 1.82) is 0 Å². The SMILES string of the molecule is Cc1cc(CS(=O)(=O)CC(=O)NC(C)c2ccccc2C)on1. The summed E-state index contributed by atoms with van der Waals surface area (Å²) in [6.45, 7) is 5.48. The monoisotopic (exact) mass is 336 g/mol. The van der Waals surface area contributed by atoms with Crippen molar-refractivity contribution in [2.75, 3.05) is 5.75 Å². The summed E-state index contributed by atoms with van der Waals surface area (Å²) in [5.41, 5.74) is 2.61. The Hall–Kier alpha value is -2.15. The summed E-state index contributed by atoms with van der Waals surface area (Å²) in [7, 11) is -3.60. The minimum absolute atomic E-state index is 0.238. The molecule has 2 aromatic rings. The molecule has 0 saturated carbocycles. The van der Waals surface area contributed by atoms with Crippen molar-refractivity contribution >= 4 is 15.7 Å². The molecule has 1 heterocycles. The van der Waals surface area contributed by atoms with Gasteiger partial charge in [-0.2, -0.15) is 0 Å². The van der Waals surface area contributed by atoms with E-state index in [1.165, 1.54) is 0 Å². The summed E-state index contributed by atoms with van der Waals surface area (Å²) >= 11 is 0. The smallest absolute Gasteiger partial charge is 0.235 e. The Kier molecular flexibility index (Phi) is 5.20. The molecule has 1 aromatic carbocycles. The number of hydrogen-bond acceptors (Lipinski definition) is 5. The number of benzene rings is 1. The first-order chi connectivity index (χ1) is 10.8. The maximum atomic E-state index is 12.1. The average molecular weight is 336 g/mol. The molecule has 2 rings (SSSR count). The zero-order valence-electron chi connectivity index (χ0n) is 13.4. The lowest BCUT2D eigenvalue weighted by Gasteiger charge is -2.16. The van der Waals surface area contributed by atoms with Crippen LogP contribution in [0.25, 0.3) is 0 Å². The molecule has 0 aliphatic heterocycles. The molecule has 1 unspecified atom stereocenters. The van der Waals surface area contributed by atoms with Crippen LogP contribution in [-0.4, -0.2) is 25.2 Å². The van der Waals surface area contributed by atoms with E-state index in [4.69, 9.17) is 4.52 Å². The number of nitrogens with zero attached hydrogens (tertiary/aromatic N) is 1. The van der Waals surface area contributed by atoms with Gasteiger partial charge in [-0.1, -0.05) is 29.4 Å². The van der Waals surface area contributed by atoms with E-state index in [-0.39, 0.29) is 17.6 Å². The maximum absolute atomic E-state index is 12.1. The predicted molar refractivity (Wildman–Crippen MR) is 86.5 cm³/mol. The van der Waals surface area contributed by atoms with E-state index < -0.39 is 21.5 Å². The van der Waals surface area contributed by atoms with Crippen LogP contribution in [0.3, 0.4) is 0 Å². The van der Waals surface area contributed by atoms with Crippen molar-refractivity contribution in [3.05, 3.63) is 52.9 Å². The number of aryl methyl sites for hydroxylation is 2. The molecule has 1 atom stereocenters. The largest absolute Gasteiger partial charge is 0.360 e. The number of sulfone groups is 1. The zero-order valence-corrected chi connectivity index (χ0v) is 14.2. The molecule has 7 heteroatoms. The van der Waals surface area contributed by atoms with Crippen LogP contribution < -0.4 is 5.32 Å². The van der Waals surface area contributed by atoms with E-state index >= 15 is 0 Å². The maximum Gasteiger partial charge on any atom is 0.235 e. The van der Waals surface area contributed by atoms with Crippen LogP contribution in [-0.2, 0) is 20.4 Å². The second kappa shape index (κ2) is 6.95. The molecule has 0 fully saturated rings. The standard InChI is InChI=1S/C16H20N2O4S/c1-11-6-4-5-7-15(11)13(3)17-16(19)10-23(20,21)9-14-8-12(2)18-22-14/h4-8,13H,9-10H2,1-3H3,(H,17,19). The molecule has 0 aliphatic carbocycles. The van der Waals surface area contributed by atoms with Crippen LogP contribution in [0.4, 0.5) is 0 Å². The quantitative estimate of drug-likeness (QED) is 0.872. The second-order valence-corrected chi connectivity index (χ2v) is 7.68. The number of carbonyl (C=O) groups is 1. The van der Waals surface area contributed by atoms with Crippen LogP contribution >= 0.6 is 0 Å². The van der Waals surface area contributed by atoms with Gasteiger partial charge in [-0.05, 0) is 31.9 Å². The second-order valence-electron chi connectivity index (χ2n) is 5.61. The number of carbonyl (C=O) groups excluding carboxylic acids is 1. The minimum Gasteiger partial charge on any atom is -0.360 e. The van der Waals surface area contributed by atoms with Crippen LogP contribution in [0.5, 0.6) is 0 Å². The van der Waals surface area contributed by atoms with Gasteiger partial charge < -0.3 is 9.84 Å². The molecule has 1 aromatic heterocycles. The first-order valence-electron chi connectivity index (χ1n) is 7.24. The third-order valence-corrected chi connectivity index (χ3v) is 4.85. The van der Waals surface area contributed by atoms with Crippen LogP contribution in [0, 0.1) is 13.8 Å².